The first kappa shape index (κ1) is 27.4. The second-order valence-electron chi connectivity index (χ2n) is 9.54. The first-order valence-electron chi connectivity index (χ1n) is 12.6. The lowest BCUT2D eigenvalue weighted by Gasteiger charge is -2.26. The van der Waals surface area contributed by atoms with E-state index in [0.717, 1.165) is 44.8 Å². The molecule has 11 heteroatoms. The Hall–Kier alpha value is -3.15. The van der Waals surface area contributed by atoms with E-state index in [9.17, 15) is 21.6 Å². The summed E-state index contributed by atoms with van der Waals surface area (Å²) < 4.78 is 72.7. The third-order valence-corrected chi connectivity index (χ3v) is 8.72. The first-order valence-corrected chi connectivity index (χ1v) is 15.4. The van der Waals surface area contributed by atoms with E-state index in [-0.39, 0.29) is 10.6 Å². The second kappa shape index (κ2) is 11.1. The number of nitrogens with zero attached hydrogens (tertiary/aromatic N) is 3. The number of hydrogen-bond acceptors (Lipinski definition) is 6. The number of alkyl halides is 3. The normalized spacial score (nSPS) is 15.0. The summed E-state index contributed by atoms with van der Waals surface area (Å²) in [6, 6.07) is 16.2. The molecule has 0 N–H and O–H groups in total. The van der Waals surface area contributed by atoms with Crippen LogP contribution in [0.25, 0.3) is 27.4 Å². The van der Waals surface area contributed by atoms with E-state index < -0.39 is 21.7 Å². The third-order valence-electron chi connectivity index (χ3n) is 6.65. The fourth-order valence-corrected chi connectivity index (χ4v) is 6.21. The molecule has 0 amide bonds. The van der Waals surface area contributed by atoms with E-state index in [4.69, 9.17) is 4.74 Å². The molecule has 5 rings (SSSR count). The summed E-state index contributed by atoms with van der Waals surface area (Å²) in [5.74, 6) is 0.449. The molecule has 3 heterocycles. The number of piperidine rings is 1. The Kier molecular flexibility index (Phi) is 7.84. The van der Waals surface area contributed by atoms with Gasteiger partial charge >= 0.3 is 6.18 Å². The van der Waals surface area contributed by atoms with E-state index in [1.54, 1.807) is 53.9 Å². The third kappa shape index (κ3) is 6.37. The maximum atomic E-state index is 13.8. The van der Waals surface area contributed by atoms with Crippen LogP contribution in [0.1, 0.15) is 25.0 Å². The van der Waals surface area contributed by atoms with Crippen LogP contribution in [0.15, 0.2) is 70.9 Å². The molecule has 0 unspecified atom stereocenters. The van der Waals surface area contributed by atoms with Crippen LogP contribution in [0.3, 0.4) is 0 Å². The van der Waals surface area contributed by atoms with Crippen LogP contribution < -0.4 is 4.74 Å². The van der Waals surface area contributed by atoms with Crippen molar-refractivity contribution in [3.05, 3.63) is 71.7 Å². The van der Waals surface area contributed by atoms with Crippen LogP contribution >= 0.6 is 11.3 Å². The van der Waals surface area contributed by atoms with Gasteiger partial charge in [-0.3, -0.25) is 4.90 Å². The lowest BCUT2D eigenvalue weighted by atomic mass is 10.1. The van der Waals surface area contributed by atoms with E-state index in [2.05, 4.69) is 10.00 Å². The monoisotopic (exact) mass is 575 g/mol. The van der Waals surface area contributed by atoms with Gasteiger partial charge in [0.05, 0.1) is 15.5 Å². The summed E-state index contributed by atoms with van der Waals surface area (Å²) in [4.78, 5) is 3.06. The molecule has 2 aromatic carbocycles. The minimum absolute atomic E-state index is 0.174. The zero-order chi connectivity index (χ0) is 27.6. The maximum Gasteiger partial charge on any atom is 0.435 e. The van der Waals surface area contributed by atoms with Gasteiger partial charge in [-0.15, -0.1) is 11.3 Å². The molecule has 0 spiro atoms. The van der Waals surface area contributed by atoms with E-state index in [1.807, 2.05) is 0 Å². The number of likely N-dealkylation sites (tertiary alicyclic amines) is 1. The molecule has 1 aliphatic heterocycles. The van der Waals surface area contributed by atoms with Crippen molar-refractivity contribution in [1.82, 2.24) is 14.7 Å². The van der Waals surface area contributed by atoms with Crippen molar-refractivity contribution in [2.45, 2.75) is 30.3 Å². The van der Waals surface area contributed by atoms with Gasteiger partial charge in [-0.05, 0) is 78.8 Å². The molecule has 1 saturated heterocycles. The maximum absolute atomic E-state index is 13.8. The molecule has 206 valence electrons. The average molecular weight is 576 g/mol. The van der Waals surface area contributed by atoms with E-state index in [0.29, 0.717) is 34.0 Å². The van der Waals surface area contributed by atoms with Crippen LogP contribution in [0.4, 0.5) is 13.2 Å². The number of para-hydroxylation sites is 2. The molecule has 39 heavy (non-hydrogen) atoms. The Morgan fingerprint density at radius 2 is 1.74 bits per heavy atom. The number of rotatable bonds is 8. The van der Waals surface area contributed by atoms with Crippen molar-refractivity contribution in [3.8, 4) is 33.1 Å². The second-order valence-corrected chi connectivity index (χ2v) is 12.5. The van der Waals surface area contributed by atoms with Crippen LogP contribution in [-0.2, 0) is 16.0 Å². The van der Waals surface area contributed by atoms with Gasteiger partial charge in [0.1, 0.15) is 18.0 Å². The summed E-state index contributed by atoms with van der Waals surface area (Å²) in [5.41, 5.74) is 1.03. The van der Waals surface area contributed by atoms with Crippen LogP contribution in [0.5, 0.6) is 5.75 Å². The SMILES string of the molecule is CS(=O)(=O)c1cccc(-c2csc(-c3cc(C(F)(F)F)nn3-c3ccccc3OCCN3CCCCC3)c2)c1. The molecule has 0 bridgehead atoms. The molecule has 1 aliphatic rings. The predicted octanol–water partition coefficient (Wildman–Crippen LogP) is 6.55. The zero-order valence-electron chi connectivity index (χ0n) is 21.3. The van der Waals surface area contributed by atoms with Crippen LogP contribution in [-0.4, -0.2) is 55.6 Å². The highest BCUT2D eigenvalue weighted by Crippen LogP contribution is 2.39. The van der Waals surface area contributed by atoms with Gasteiger partial charge in [0, 0.05) is 12.8 Å². The zero-order valence-corrected chi connectivity index (χ0v) is 23.0. The number of thiophene rings is 1. The van der Waals surface area contributed by atoms with Crippen molar-refractivity contribution in [2.24, 2.45) is 0 Å². The van der Waals surface area contributed by atoms with E-state index in [1.165, 1.54) is 28.5 Å². The molecular formula is C28H28F3N3O3S2. The van der Waals surface area contributed by atoms with Gasteiger partial charge in [0.25, 0.3) is 0 Å². The quantitative estimate of drug-likeness (QED) is 0.238. The lowest BCUT2D eigenvalue weighted by Crippen LogP contribution is -2.33. The van der Waals surface area contributed by atoms with Crippen molar-refractivity contribution in [1.29, 1.82) is 0 Å². The number of halogens is 3. The standard InChI is InChI=1S/C28H28F3N3O3S2/c1-39(35,36)22-9-7-8-20(16-22)21-17-26(38-19-21)24-18-27(28(29,30)31)32-34(24)23-10-3-4-11-25(23)37-15-14-33-12-5-2-6-13-33/h3-4,7-11,16-19H,2,5-6,12-15H2,1H3. The highest BCUT2D eigenvalue weighted by Gasteiger charge is 2.36. The highest BCUT2D eigenvalue weighted by atomic mass is 32.2. The Morgan fingerprint density at radius 1 is 0.974 bits per heavy atom. The molecule has 0 aliphatic carbocycles. The topological polar surface area (TPSA) is 64.4 Å². The van der Waals surface area contributed by atoms with Gasteiger partial charge in [-0.25, -0.2) is 13.1 Å². The molecule has 2 aromatic heterocycles. The molecule has 0 saturated carbocycles. The molecular weight excluding hydrogens is 547 g/mol. The smallest absolute Gasteiger partial charge is 0.435 e. The Bertz CT molecular complexity index is 1560. The predicted molar refractivity (Wildman–Crippen MR) is 146 cm³/mol. The Morgan fingerprint density at radius 3 is 2.49 bits per heavy atom. The number of hydrogen-bond donors (Lipinski definition) is 0. The number of benzene rings is 2. The fourth-order valence-electron chi connectivity index (χ4n) is 4.63. The Balaban J connectivity index is 1.49. The number of ether oxygens (including phenoxy) is 1. The molecule has 0 radical (unpaired) electrons. The van der Waals surface area contributed by atoms with Gasteiger partial charge < -0.3 is 4.74 Å². The van der Waals surface area contributed by atoms with Crippen LogP contribution in [0, 0.1) is 0 Å². The fraction of sp³-hybridized carbons (Fsp3) is 0.321. The van der Waals surface area contributed by atoms with Gasteiger partial charge in [-0.2, -0.15) is 18.3 Å². The first-order chi connectivity index (χ1) is 18.6. The summed E-state index contributed by atoms with van der Waals surface area (Å²) in [5, 5.41) is 5.74. The minimum Gasteiger partial charge on any atom is -0.490 e. The lowest BCUT2D eigenvalue weighted by molar-refractivity contribution is -0.141. The van der Waals surface area contributed by atoms with E-state index >= 15 is 0 Å². The molecule has 1 fully saturated rings. The molecule has 4 aromatic rings. The van der Waals surface area contributed by atoms with Crippen LogP contribution in [0.2, 0.25) is 0 Å². The van der Waals surface area contributed by atoms with Crippen molar-refractivity contribution in [3.63, 3.8) is 0 Å². The molecule has 0 atom stereocenters. The van der Waals surface area contributed by atoms with Gasteiger partial charge in [0.2, 0.25) is 0 Å². The van der Waals surface area contributed by atoms with Gasteiger partial charge in [-0.1, -0.05) is 30.7 Å². The summed E-state index contributed by atoms with van der Waals surface area (Å²) >= 11 is 1.26. The van der Waals surface area contributed by atoms with Crippen molar-refractivity contribution >= 4 is 21.2 Å². The minimum atomic E-state index is -4.63. The molecule has 6 nitrogen and oxygen atoms in total. The number of sulfone groups is 1. The van der Waals surface area contributed by atoms with Crippen molar-refractivity contribution in [2.75, 3.05) is 32.5 Å². The Labute approximate surface area is 229 Å². The summed E-state index contributed by atoms with van der Waals surface area (Å²) in [7, 11) is -3.41. The summed E-state index contributed by atoms with van der Waals surface area (Å²) in [6.45, 7) is 3.21. The summed E-state index contributed by atoms with van der Waals surface area (Å²) in [6.07, 6.45) is 0.0589. The number of aromatic nitrogens is 2. The largest absolute Gasteiger partial charge is 0.490 e. The van der Waals surface area contributed by atoms with Crippen molar-refractivity contribution < 1.29 is 26.3 Å². The highest BCUT2D eigenvalue weighted by molar-refractivity contribution is 7.90. The van der Waals surface area contributed by atoms with Gasteiger partial charge in [0.15, 0.2) is 15.5 Å². The average Bonchev–Trinajstić information content (AvgIpc) is 3.57.